The molecular weight excluding hydrogens is 120 g/mol. The van der Waals surface area contributed by atoms with Crippen molar-refractivity contribution in [1.29, 1.82) is 0 Å². The zero-order chi connectivity index (χ0) is 7.19. The first-order chi connectivity index (χ1) is 4.72. The molecule has 0 radical (unpaired) electrons. The second kappa shape index (κ2) is 1.99. The maximum atomic E-state index is 2.50. The molecule has 2 aliphatic rings. The number of rotatable bonds is 0. The zero-order valence-electron chi connectivity index (χ0n) is 7.19. The van der Waals surface area contributed by atoms with Gasteiger partial charge in [0.25, 0.3) is 0 Å². The minimum Gasteiger partial charge on any atom is -0.0622 e. The average molecular weight is 138 g/mol. The second-order valence-electron chi connectivity index (χ2n) is 4.67. The van der Waals surface area contributed by atoms with Crippen LogP contribution in [0.15, 0.2) is 0 Å². The lowest BCUT2D eigenvalue weighted by molar-refractivity contribution is -0.0332. The van der Waals surface area contributed by atoms with Crippen LogP contribution in [0.4, 0.5) is 0 Å². The van der Waals surface area contributed by atoms with E-state index in [4.69, 9.17) is 0 Å². The molecule has 0 aromatic carbocycles. The Hall–Kier alpha value is 0. The third kappa shape index (κ3) is 0.741. The van der Waals surface area contributed by atoms with Gasteiger partial charge in [-0.05, 0) is 36.5 Å². The van der Waals surface area contributed by atoms with Gasteiger partial charge < -0.3 is 0 Å². The summed E-state index contributed by atoms with van der Waals surface area (Å²) in [7, 11) is 0. The van der Waals surface area contributed by atoms with Crippen LogP contribution in [0.2, 0.25) is 0 Å². The molecule has 0 spiro atoms. The van der Waals surface area contributed by atoms with Gasteiger partial charge in [-0.1, -0.05) is 26.7 Å². The summed E-state index contributed by atoms with van der Waals surface area (Å²) in [6.45, 7) is 4.94. The van der Waals surface area contributed by atoms with E-state index in [2.05, 4.69) is 13.8 Å². The highest BCUT2D eigenvalue weighted by molar-refractivity contribution is 4.97. The maximum Gasteiger partial charge on any atom is -0.0295 e. The highest BCUT2D eigenvalue weighted by Gasteiger charge is 2.46. The van der Waals surface area contributed by atoms with Crippen LogP contribution in [-0.4, -0.2) is 0 Å². The van der Waals surface area contributed by atoms with Gasteiger partial charge in [-0.3, -0.25) is 0 Å². The molecule has 0 aromatic rings. The van der Waals surface area contributed by atoms with Crippen LogP contribution >= 0.6 is 0 Å². The molecule has 3 atom stereocenters. The van der Waals surface area contributed by atoms with Gasteiger partial charge in [-0.2, -0.15) is 0 Å². The molecule has 0 aliphatic heterocycles. The Morgan fingerprint density at radius 3 is 2.40 bits per heavy atom. The van der Waals surface area contributed by atoms with Gasteiger partial charge in [0.1, 0.15) is 0 Å². The highest BCUT2D eigenvalue weighted by atomic mass is 14.5. The fourth-order valence-electron chi connectivity index (χ4n) is 3.11. The van der Waals surface area contributed by atoms with Crippen molar-refractivity contribution >= 4 is 0 Å². The summed E-state index contributed by atoms with van der Waals surface area (Å²) in [6.07, 6.45) is 7.55. The van der Waals surface area contributed by atoms with Gasteiger partial charge in [0.15, 0.2) is 0 Å². The third-order valence-corrected chi connectivity index (χ3v) is 4.02. The first-order valence-corrected chi connectivity index (χ1v) is 4.72. The SMILES string of the molecule is CC1CCCC2(C)CCC12. The van der Waals surface area contributed by atoms with Crippen molar-refractivity contribution in [2.45, 2.75) is 46.0 Å². The van der Waals surface area contributed by atoms with Gasteiger partial charge in [-0.15, -0.1) is 0 Å². The van der Waals surface area contributed by atoms with Crippen LogP contribution in [0, 0.1) is 17.3 Å². The summed E-state index contributed by atoms with van der Waals surface area (Å²) < 4.78 is 0. The fourth-order valence-corrected chi connectivity index (χ4v) is 3.11. The minimum absolute atomic E-state index is 0.789. The van der Waals surface area contributed by atoms with Gasteiger partial charge in [0.2, 0.25) is 0 Å². The summed E-state index contributed by atoms with van der Waals surface area (Å²) in [5, 5.41) is 0. The molecule has 0 nitrogen and oxygen atoms in total. The quantitative estimate of drug-likeness (QED) is 0.482. The van der Waals surface area contributed by atoms with E-state index in [0.717, 1.165) is 17.3 Å². The van der Waals surface area contributed by atoms with Crippen molar-refractivity contribution in [3.8, 4) is 0 Å². The van der Waals surface area contributed by atoms with Crippen LogP contribution in [0.1, 0.15) is 46.0 Å². The molecular formula is C10H18. The fraction of sp³-hybridized carbons (Fsp3) is 1.00. The van der Waals surface area contributed by atoms with E-state index in [1.54, 1.807) is 0 Å². The molecule has 0 heterocycles. The van der Waals surface area contributed by atoms with Crippen LogP contribution in [0.3, 0.4) is 0 Å². The minimum atomic E-state index is 0.789. The monoisotopic (exact) mass is 138 g/mol. The lowest BCUT2D eigenvalue weighted by Crippen LogP contribution is -2.44. The Bertz CT molecular complexity index is 139. The topological polar surface area (TPSA) is 0 Å². The van der Waals surface area contributed by atoms with Gasteiger partial charge in [0, 0.05) is 0 Å². The molecule has 0 N–H and O–H groups in total. The summed E-state index contributed by atoms with van der Waals surface area (Å²) >= 11 is 0. The van der Waals surface area contributed by atoms with E-state index in [-0.39, 0.29) is 0 Å². The third-order valence-electron chi connectivity index (χ3n) is 4.02. The van der Waals surface area contributed by atoms with E-state index >= 15 is 0 Å². The molecule has 3 unspecified atom stereocenters. The standard InChI is InChI=1S/C10H18/c1-8-4-3-6-10(2)7-5-9(8)10/h8-9H,3-7H2,1-2H3. The van der Waals surface area contributed by atoms with E-state index < -0.39 is 0 Å². The number of hydrogen-bond acceptors (Lipinski definition) is 0. The summed E-state index contributed by atoms with van der Waals surface area (Å²) in [4.78, 5) is 0. The molecule has 0 bridgehead atoms. The van der Waals surface area contributed by atoms with E-state index in [9.17, 15) is 0 Å². The smallest absolute Gasteiger partial charge is 0.0295 e. The Morgan fingerprint density at radius 1 is 1.20 bits per heavy atom. The molecule has 0 aromatic heterocycles. The normalized spacial score (nSPS) is 53.4. The molecule has 0 heteroatoms. The largest absolute Gasteiger partial charge is 0.0622 e. The van der Waals surface area contributed by atoms with Crippen molar-refractivity contribution in [3.63, 3.8) is 0 Å². The first-order valence-electron chi connectivity index (χ1n) is 4.72. The highest BCUT2D eigenvalue weighted by Crippen LogP contribution is 2.57. The summed E-state index contributed by atoms with van der Waals surface area (Å²) in [5.41, 5.74) is 0.789. The van der Waals surface area contributed by atoms with Crippen LogP contribution in [-0.2, 0) is 0 Å². The van der Waals surface area contributed by atoms with Crippen molar-refractivity contribution in [2.24, 2.45) is 17.3 Å². The molecule has 0 saturated heterocycles. The number of fused-ring (bicyclic) bond motifs is 1. The van der Waals surface area contributed by atoms with Crippen molar-refractivity contribution in [1.82, 2.24) is 0 Å². The molecule has 2 saturated carbocycles. The lowest BCUT2D eigenvalue weighted by atomic mass is 9.52. The first kappa shape index (κ1) is 6.69. The van der Waals surface area contributed by atoms with Crippen LogP contribution < -0.4 is 0 Å². The van der Waals surface area contributed by atoms with Crippen molar-refractivity contribution in [2.75, 3.05) is 0 Å². The van der Waals surface area contributed by atoms with Crippen LogP contribution in [0.25, 0.3) is 0 Å². The Kier molecular flexibility index (Phi) is 1.33. The van der Waals surface area contributed by atoms with E-state index in [1.165, 1.54) is 32.1 Å². The Balaban J connectivity index is 2.09. The van der Waals surface area contributed by atoms with Gasteiger partial charge >= 0.3 is 0 Å². The predicted molar refractivity (Wildman–Crippen MR) is 43.8 cm³/mol. The van der Waals surface area contributed by atoms with Crippen LogP contribution in [0.5, 0.6) is 0 Å². The lowest BCUT2D eigenvalue weighted by Gasteiger charge is -2.54. The maximum absolute atomic E-state index is 2.50. The number of hydrogen-bond donors (Lipinski definition) is 0. The summed E-state index contributed by atoms with van der Waals surface area (Å²) in [5.74, 6) is 2.13. The molecule has 0 amide bonds. The molecule has 2 fully saturated rings. The van der Waals surface area contributed by atoms with E-state index in [1.807, 2.05) is 0 Å². The molecule has 2 aliphatic carbocycles. The predicted octanol–water partition coefficient (Wildman–Crippen LogP) is 3.22. The van der Waals surface area contributed by atoms with E-state index in [0.29, 0.717) is 0 Å². The molecule has 2 rings (SSSR count). The van der Waals surface area contributed by atoms with Gasteiger partial charge in [0.05, 0.1) is 0 Å². The molecule has 10 heavy (non-hydrogen) atoms. The second-order valence-corrected chi connectivity index (χ2v) is 4.67. The Morgan fingerprint density at radius 2 is 2.00 bits per heavy atom. The Labute approximate surface area is 64.0 Å². The zero-order valence-corrected chi connectivity index (χ0v) is 7.19. The van der Waals surface area contributed by atoms with Crippen molar-refractivity contribution < 1.29 is 0 Å². The average Bonchev–Trinajstić information content (AvgIpc) is 1.83. The molecule has 58 valence electrons. The summed E-state index contributed by atoms with van der Waals surface area (Å²) in [6, 6.07) is 0. The van der Waals surface area contributed by atoms with Crippen molar-refractivity contribution in [3.05, 3.63) is 0 Å². The van der Waals surface area contributed by atoms with Gasteiger partial charge in [-0.25, -0.2) is 0 Å².